The molecule has 0 heterocycles. The van der Waals surface area contributed by atoms with Crippen LogP contribution in [0.25, 0.3) is 0 Å². The number of benzene rings is 2. The van der Waals surface area contributed by atoms with Gasteiger partial charge < -0.3 is 19.5 Å². The number of rotatable bonds is 10. The second-order valence-corrected chi connectivity index (χ2v) is 5.81. The fraction of sp³-hybridized carbons (Fsp3) is 0.286. The Morgan fingerprint density at radius 3 is 2.21 bits per heavy atom. The highest BCUT2D eigenvalue weighted by Gasteiger charge is 2.12. The van der Waals surface area contributed by atoms with E-state index in [4.69, 9.17) is 14.2 Å². The van der Waals surface area contributed by atoms with Gasteiger partial charge in [-0.05, 0) is 50.2 Å². The highest BCUT2D eigenvalue weighted by atomic mass is 16.5. The third kappa shape index (κ3) is 6.75. The summed E-state index contributed by atoms with van der Waals surface area (Å²) in [7, 11) is 0. The van der Waals surface area contributed by atoms with Crippen LogP contribution in [0.4, 0.5) is 5.69 Å². The topological polar surface area (TPSA) is 90.9 Å². The molecule has 0 spiro atoms. The number of ketones is 1. The molecule has 0 radical (unpaired) electrons. The molecule has 148 valence electrons. The van der Waals surface area contributed by atoms with Crippen molar-refractivity contribution in [3.63, 3.8) is 0 Å². The van der Waals surface area contributed by atoms with Gasteiger partial charge in [-0.25, -0.2) is 0 Å². The molecule has 0 fully saturated rings. The molecular formula is C21H23NO6. The maximum Gasteiger partial charge on any atom is 0.309 e. The Morgan fingerprint density at radius 1 is 0.929 bits per heavy atom. The van der Waals surface area contributed by atoms with E-state index in [1.54, 1.807) is 48.5 Å². The Bertz CT molecular complexity index is 816. The maximum atomic E-state index is 11.9. The molecule has 0 aromatic heterocycles. The number of ether oxygens (including phenoxy) is 3. The van der Waals surface area contributed by atoms with Crippen molar-refractivity contribution in [3.05, 3.63) is 54.1 Å². The SMILES string of the molecule is CCOc1ccc(OCCC(=O)OCC(=O)Nc2ccccc2C(C)=O)cc1. The molecule has 2 rings (SSSR count). The number of esters is 1. The zero-order valence-electron chi connectivity index (χ0n) is 15.9. The predicted molar refractivity (Wildman–Crippen MR) is 104 cm³/mol. The van der Waals surface area contributed by atoms with E-state index in [9.17, 15) is 14.4 Å². The number of carbonyl (C=O) groups excluding carboxylic acids is 3. The van der Waals surface area contributed by atoms with Gasteiger partial charge in [0.05, 0.1) is 25.3 Å². The summed E-state index contributed by atoms with van der Waals surface area (Å²) in [5, 5.41) is 2.56. The molecule has 0 unspecified atom stereocenters. The molecule has 7 heteroatoms. The van der Waals surface area contributed by atoms with Gasteiger partial charge in [-0.15, -0.1) is 0 Å². The van der Waals surface area contributed by atoms with Crippen molar-refractivity contribution in [2.75, 3.05) is 25.1 Å². The van der Waals surface area contributed by atoms with Gasteiger partial charge in [0.1, 0.15) is 11.5 Å². The summed E-state index contributed by atoms with van der Waals surface area (Å²) in [4.78, 5) is 35.2. The van der Waals surface area contributed by atoms with E-state index in [1.807, 2.05) is 6.92 Å². The van der Waals surface area contributed by atoms with Crippen LogP contribution in [-0.4, -0.2) is 37.5 Å². The van der Waals surface area contributed by atoms with Gasteiger partial charge in [-0.2, -0.15) is 0 Å². The molecule has 0 saturated heterocycles. The Hall–Kier alpha value is -3.35. The standard InChI is InChI=1S/C21H23NO6/c1-3-26-16-8-10-17(11-9-16)27-13-12-21(25)28-14-20(24)22-19-7-5-4-6-18(19)15(2)23/h4-11H,3,12-14H2,1-2H3,(H,22,24). The highest BCUT2D eigenvalue weighted by Crippen LogP contribution is 2.18. The Labute approximate surface area is 163 Å². The summed E-state index contributed by atoms with van der Waals surface area (Å²) in [6.07, 6.45) is 0.00449. The Kier molecular flexibility index (Phi) is 8.02. The van der Waals surface area contributed by atoms with Crippen LogP contribution in [0.5, 0.6) is 11.5 Å². The van der Waals surface area contributed by atoms with Gasteiger partial charge in [0, 0.05) is 5.56 Å². The lowest BCUT2D eigenvalue weighted by atomic mass is 10.1. The minimum absolute atomic E-state index is 0.00449. The molecule has 0 aliphatic rings. The van der Waals surface area contributed by atoms with Crippen LogP contribution in [0.15, 0.2) is 48.5 Å². The number of para-hydroxylation sites is 1. The van der Waals surface area contributed by atoms with Crippen molar-refractivity contribution >= 4 is 23.3 Å². The van der Waals surface area contributed by atoms with E-state index in [-0.39, 0.29) is 18.8 Å². The van der Waals surface area contributed by atoms with Crippen molar-refractivity contribution in [1.29, 1.82) is 0 Å². The van der Waals surface area contributed by atoms with Crippen molar-refractivity contribution < 1.29 is 28.6 Å². The van der Waals surface area contributed by atoms with Gasteiger partial charge >= 0.3 is 5.97 Å². The van der Waals surface area contributed by atoms with E-state index in [0.29, 0.717) is 23.6 Å². The fourth-order valence-corrected chi connectivity index (χ4v) is 2.35. The van der Waals surface area contributed by atoms with Gasteiger partial charge in [-0.3, -0.25) is 14.4 Å². The Morgan fingerprint density at radius 2 is 1.57 bits per heavy atom. The highest BCUT2D eigenvalue weighted by molar-refractivity contribution is 6.04. The van der Waals surface area contributed by atoms with Crippen molar-refractivity contribution in [3.8, 4) is 11.5 Å². The van der Waals surface area contributed by atoms with Crippen molar-refractivity contribution in [2.45, 2.75) is 20.3 Å². The summed E-state index contributed by atoms with van der Waals surface area (Å²) in [6.45, 7) is 3.59. The minimum Gasteiger partial charge on any atom is -0.494 e. The molecule has 0 saturated carbocycles. The maximum absolute atomic E-state index is 11.9. The van der Waals surface area contributed by atoms with Crippen LogP contribution < -0.4 is 14.8 Å². The van der Waals surface area contributed by atoms with Crippen LogP contribution in [0, 0.1) is 0 Å². The van der Waals surface area contributed by atoms with Gasteiger partial charge in [0.25, 0.3) is 5.91 Å². The summed E-state index contributed by atoms with van der Waals surface area (Å²) >= 11 is 0. The average molecular weight is 385 g/mol. The fourth-order valence-electron chi connectivity index (χ4n) is 2.35. The number of hydrogen-bond donors (Lipinski definition) is 1. The number of nitrogens with one attached hydrogen (secondary N) is 1. The first-order valence-electron chi connectivity index (χ1n) is 8.90. The van der Waals surface area contributed by atoms with Crippen LogP contribution in [-0.2, 0) is 14.3 Å². The predicted octanol–water partition coefficient (Wildman–Crippen LogP) is 3.24. The lowest BCUT2D eigenvalue weighted by Gasteiger charge is -2.10. The molecule has 2 aromatic rings. The molecule has 1 amide bonds. The van der Waals surface area contributed by atoms with E-state index >= 15 is 0 Å². The quantitative estimate of drug-likeness (QED) is 0.499. The minimum atomic E-state index is -0.555. The van der Waals surface area contributed by atoms with E-state index in [0.717, 1.165) is 5.75 Å². The van der Waals surface area contributed by atoms with Crippen LogP contribution in [0.1, 0.15) is 30.6 Å². The van der Waals surface area contributed by atoms with Crippen molar-refractivity contribution in [1.82, 2.24) is 0 Å². The molecular weight excluding hydrogens is 362 g/mol. The van der Waals surface area contributed by atoms with Crippen LogP contribution >= 0.6 is 0 Å². The smallest absolute Gasteiger partial charge is 0.309 e. The summed E-state index contributed by atoms with van der Waals surface area (Å²) in [5.41, 5.74) is 0.779. The monoisotopic (exact) mass is 385 g/mol. The second-order valence-electron chi connectivity index (χ2n) is 5.81. The lowest BCUT2D eigenvalue weighted by Crippen LogP contribution is -2.22. The van der Waals surface area contributed by atoms with Gasteiger partial charge in [0.2, 0.25) is 0 Å². The van der Waals surface area contributed by atoms with Crippen LogP contribution in [0.3, 0.4) is 0 Å². The lowest BCUT2D eigenvalue weighted by molar-refractivity contribution is -0.147. The van der Waals surface area contributed by atoms with Crippen LogP contribution in [0.2, 0.25) is 0 Å². The number of Topliss-reactive ketones (excluding diaryl/α,β-unsaturated/α-hetero) is 1. The van der Waals surface area contributed by atoms with E-state index < -0.39 is 18.5 Å². The van der Waals surface area contributed by atoms with Gasteiger partial charge in [0.15, 0.2) is 12.4 Å². The first-order valence-corrected chi connectivity index (χ1v) is 8.90. The third-order valence-corrected chi connectivity index (χ3v) is 3.65. The number of carbonyl (C=O) groups is 3. The summed E-state index contributed by atoms with van der Waals surface area (Å²) in [6, 6.07) is 13.7. The zero-order valence-corrected chi connectivity index (χ0v) is 15.9. The number of hydrogen-bond acceptors (Lipinski definition) is 6. The summed E-state index contributed by atoms with van der Waals surface area (Å²) in [5.74, 6) is 0.108. The first-order chi connectivity index (χ1) is 13.5. The molecule has 0 bridgehead atoms. The molecule has 28 heavy (non-hydrogen) atoms. The zero-order chi connectivity index (χ0) is 20.4. The second kappa shape index (κ2) is 10.7. The van der Waals surface area contributed by atoms with Gasteiger partial charge in [-0.1, -0.05) is 12.1 Å². The van der Waals surface area contributed by atoms with E-state index in [1.165, 1.54) is 6.92 Å². The first kappa shape index (κ1) is 21.0. The molecule has 7 nitrogen and oxygen atoms in total. The Balaban J connectivity index is 1.70. The third-order valence-electron chi connectivity index (χ3n) is 3.65. The molecule has 0 aliphatic heterocycles. The van der Waals surface area contributed by atoms with E-state index in [2.05, 4.69) is 5.32 Å². The largest absolute Gasteiger partial charge is 0.494 e. The number of anilines is 1. The average Bonchev–Trinajstić information content (AvgIpc) is 2.68. The van der Waals surface area contributed by atoms with Crippen molar-refractivity contribution in [2.24, 2.45) is 0 Å². The number of amides is 1. The molecule has 2 aromatic carbocycles. The normalized spacial score (nSPS) is 10.1. The summed E-state index contributed by atoms with van der Waals surface area (Å²) < 4.78 is 15.7. The molecule has 1 N–H and O–H groups in total. The molecule has 0 atom stereocenters. The molecule has 0 aliphatic carbocycles.